The van der Waals surface area contributed by atoms with E-state index in [0.717, 1.165) is 15.9 Å². The van der Waals surface area contributed by atoms with Crippen molar-refractivity contribution in [3.05, 3.63) is 50.4 Å². The van der Waals surface area contributed by atoms with Crippen LogP contribution in [0.25, 0.3) is 0 Å². The quantitative estimate of drug-likeness (QED) is 0.777. The molecule has 0 aliphatic carbocycles. The van der Waals surface area contributed by atoms with Crippen LogP contribution in [0.2, 0.25) is 0 Å². The summed E-state index contributed by atoms with van der Waals surface area (Å²) in [5.41, 5.74) is 7.14. The molecule has 7 heteroatoms. The monoisotopic (exact) mass is 403 g/mol. The van der Waals surface area contributed by atoms with Crippen molar-refractivity contribution in [1.82, 2.24) is 10.3 Å². The Morgan fingerprint density at radius 3 is 2.95 bits per heavy atom. The zero-order chi connectivity index (χ0) is 15.2. The molecule has 0 aliphatic rings. The fourth-order valence-corrected chi connectivity index (χ4v) is 3.26. The number of carbonyl (C=O) groups excluding carboxylic acids is 1. The molecule has 0 saturated heterocycles. The van der Waals surface area contributed by atoms with Crippen molar-refractivity contribution in [3.63, 3.8) is 0 Å². The van der Waals surface area contributed by atoms with Crippen LogP contribution in [-0.2, 0) is 12.8 Å². The largest absolute Gasteiger partial charge is 0.348 e. The van der Waals surface area contributed by atoms with E-state index in [1.807, 2.05) is 19.1 Å². The summed E-state index contributed by atoms with van der Waals surface area (Å²) in [6, 6.07) is 8.14. The van der Waals surface area contributed by atoms with Crippen molar-refractivity contribution in [2.24, 2.45) is 5.73 Å². The zero-order valence-corrected chi connectivity index (χ0v) is 15.4. The maximum absolute atomic E-state index is 12.1. The molecule has 1 aromatic carbocycles. The molecule has 3 N–H and O–H groups in total. The van der Waals surface area contributed by atoms with Crippen LogP contribution in [0.5, 0.6) is 0 Å². The summed E-state index contributed by atoms with van der Waals surface area (Å²) < 4.78 is 1.05. The molecule has 4 nitrogen and oxygen atoms in total. The molecule has 0 saturated carbocycles. The fraction of sp³-hybridized carbons (Fsp3) is 0.333. The number of hydrogen-bond acceptors (Lipinski definition) is 4. The number of nitrogens with two attached hydrogens (primary N) is 1. The number of benzene rings is 1. The van der Waals surface area contributed by atoms with Crippen LogP contribution in [0.4, 0.5) is 0 Å². The Labute approximate surface area is 149 Å². The van der Waals surface area contributed by atoms with E-state index < -0.39 is 0 Å². The summed E-state index contributed by atoms with van der Waals surface area (Å²) in [5, 5.41) is 5.67. The molecule has 1 amide bonds. The van der Waals surface area contributed by atoms with Crippen molar-refractivity contribution in [1.29, 1.82) is 0 Å². The lowest BCUT2D eigenvalue weighted by atomic mass is 10.1. The minimum Gasteiger partial charge on any atom is -0.348 e. The van der Waals surface area contributed by atoms with E-state index >= 15 is 0 Å². The van der Waals surface area contributed by atoms with Gasteiger partial charge in [0.25, 0.3) is 5.91 Å². The Hall–Kier alpha value is -0.950. The minimum atomic E-state index is -0.128. The highest BCUT2D eigenvalue weighted by Crippen LogP contribution is 2.14. The van der Waals surface area contributed by atoms with Crippen molar-refractivity contribution in [2.45, 2.75) is 25.8 Å². The van der Waals surface area contributed by atoms with Crippen LogP contribution in [0, 0.1) is 0 Å². The number of nitrogens with one attached hydrogen (secondary N) is 1. The second-order valence-electron chi connectivity index (χ2n) is 4.87. The van der Waals surface area contributed by atoms with Gasteiger partial charge in [0, 0.05) is 22.3 Å². The molecule has 0 bridgehead atoms. The van der Waals surface area contributed by atoms with Crippen molar-refractivity contribution < 1.29 is 4.79 Å². The molecule has 1 unspecified atom stereocenters. The first-order valence-corrected chi connectivity index (χ1v) is 8.45. The summed E-state index contributed by atoms with van der Waals surface area (Å²) in [7, 11) is 0. The van der Waals surface area contributed by atoms with Gasteiger partial charge in [0.15, 0.2) is 0 Å². The van der Waals surface area contributed by atoms with Gasteiger partial charge in [-0.1, -0.05) is 28.1 Å². The topological polar surface area (TPSA) is 68.0 Å². The van der Waals surface area contributed by atoms with Crippen molar-refractivity contribution >= 4 is 45.6 Å². The molecule has 0 aliphatic heterocycles. The Morgan fingerprint density at radius 2 is 2.27 bits per heavy atom. The van der Waals surface area contributed by atoms with Crippen molar-refractivity contribution in [2.75, 3.05) is 6.54 Å². The van der Waals surface area contributed by atoms with E-state index in [1.165, 1.54) is 16.9 Å². The standard InChI is InChI=1S/C15H18BrN3OS.ClH/c1-10(7-11-3-2-4-12(16)8-11)18-15(20)13-9-21-14(19-13)5-6-17;/h2-4,8-10H,5-7,17H2,1H3,(H,18,20);1H. The molecule has 0 spiro atoms. The SMILES string of the molecule is CC(Cc1cccc(Br)c1)NC(=O)c1csc(CCN)n1.Cl. The normalized spacial score (nSPS) is 11.6. The lowest BCUT2D eigenvalue weighted by molar-refractivity contribution is 0.0935. The number of carbonyl (C=O) groups is 1. The number of thiazole rings is 1. The second-order valence-corrected chi connectivity index (χ2v) is 6.73. The van der Waals surface area contributed by atoms with Gasteiger partial charge in [0.2, 0.25) is 0 Å². The number of nitrogens with zero attached hydrogens (tertiary/aromatic N) is 1. The Balaban J connectivity index is 0.00000242. The number of halogens is 2. The maximum atomic E-state index is 12.1. The van der Waals surface area contributed by atoms with E-state index in [9.17, 15) is 4.79 Å². The van der Waals surface area contributed by atoms with E-state index in [4.69, 9.17) is 5.73 Å². The maximum Gasteiger partial charge on any atom is 0.270 e. The zero-order valence-electron chi connectivity index (χ0n) is 12.2. The van der Waals surface area contributed by atoms with Gasteiger partial charge in [-0.3, -0.25) is 4.79 Å². The summed E-state index contributed by atoms with van der Waals surface area (Å²) in [6.45, 7) is 2.54. The first-order chi connectivity index (χ1) is 10.1. The van der Waals surface area contributed by atoms with Gasteiger partial charge in [-0.25, -0.2) is 4.98 Å². The average molecular weight is 405 g/mol. The summed E-state index contributed by atoms with van der Waals surface area (Å²) >= 11 is 4.93. The predicted octanol–water partition coefficient (Wildman–Crippen LogP) is 3.19. The van der Waals surface area contributed by atoms with E-state index in [1.54, 1.807) is 5.38 Å². The molecular formula is C15H19BrClN3OS. The van der Waals surface area contributed by atoms with Crippen LogP contribution in [-0.4, -0.2) is 23.5 Å². The smallest absolute Gasteiger partial charge is 0.270 e. The number of rotatable bonds is 6. The first kappa shape index (κ1) is 19.1. The Bertz CT molecular complexity index is 620. The molecule has 2 aromatic rings. The highest BCUT2D eigenvalue weighted by molar-refractivity contribution is 9.10. The molecule has 120 valence electrons. The third-order valence-corrected chi connectivity index (χ3v) is 4.35. The molecular weight excluding hydrogens is 386 g/mol. The lowest BCUT2D eigenvalue weighted by Crippen LogP contribution is -2.34. The van der Waals surface area contributed by atoms with Crippen LogP contribution < -0.4 is 11.1 Å². The van der Waals surface area contributed by atoms with Gasteiger partial charge in [-0.15, -0.1) is 23.7 Å². The fourth-order valence-electron chi connectivity index (χ4n) is 2.02. The minimum absolute atomic E-state index is 0. The number of hydrogen-bond donors (Lipinski definition) is 2. The molecule has 1 heterocycles. The van der Waals surface area contributed by atoms with Gasteiger partial charge in [-0.2, -0.15) is 0 Å². The second kappa shape index (κ2) is 9.25. The summed E-state index contributed by atoms with van der Waals surface area (Å²) in [6.07, 6.45) is 1.50. The van der Waals surface area contributed by atoms with Gasteiger partial charge >= 0.3 is 0 Å². The van der Waals surface area contributed by atoms with Gasteiger partial charge < -0.3 is 11.1 Å². The highest BCUT2D eigenvalue weighted by atomic mass is 79.9. The summed E-state index contributed by atoms with van der Waals surface area (Å²) in [5.74, 6) is -0.128. The molecule has 1 atom stereocenters. The van der Waals surface area contributed by atoms with E-state index in [0.29, 0.717) is 18.7 Å². The molecule has 0 radical (unpaired) electrons. The number of amides is 1. The highest BCUT2D eigenvalue weighted by Gasteiger charge is 2.13. The molecule has 0 fully saturated rings. The van der Waals surface area contributed by atoms with Gasteiger partial charge in [-0.05, 0) is 37.6 Å². The third kappa shape index (κ3) is 5.68. The van der Waals surface area contributed by atoms with Crippen LogP contribution in [0.3, 0.4) is 0 Å². The van der Waals surface area contributed by atoms with E-state index in [2.05, 4.69) is 38.4 Å². The van der Waals surface area contributed by atoms with Gasteiger partial charge in [0.05, 0.1) is 5.01 Å². The summed E-state index contributed by atoms with van der Waals surface area (Å²) in [4.78, 5) is 16.4. The predicted molar refractivity (Wildman–Crippen MR) is 96.9 cm³/mol. The molecule has 2 rings (SSSR count). The third-order valence-electron chi connectivity index (χ3n) is 2.95. The van der Waals surface area contributed by atoms with Gasteiger partial charge in [0.1, 0.15) is 5.69 Å². The van der Waals surface area contributed by atoms with Crippen LogP contribution in [0.15, 0.2) is 34.1 Å². The van der Waals surface area contributed by atoms with Crippen molar-refractivity contribution in [3.8, 4) is 0 Å². The first-order valence-electron chi connectivity index (χ1n) is 6.78. The average Bonchev–Trinajstić information content (AvgIpc) is 2.87. The lowest BCUT2D eigenvalue weighted by Gasteiger charge is -2.13. The molecule has 22 heavy (non-hydrogen) atoms. The Morgan fingerprint density at radius 1 is 1.50 bits per heavy atom. The van der Waals surface area contributed by atoms with Crippen LogP contribution >= 0.6 is 39.7 Å². The molecule has 1 aromatic heterocycles. The van der Waals surface area contributed by atoms with E-state index in [-0.39, 0.29) is 24.4 Å². The number of aromatic nitrogens is 1. The Kier molecular flexibility index (Phi) is 8.03. The van der Waals surface area contributed by atoms with Crippen LogP contribution in [0.1, 0.15) is 28.0 Å².